The van der Waals surface area contributed by atoms with Crippen LogP contribution in [-0.4, -0.2) is 69.7 Å². The van der Waals surface area contributed by atoms with Gasteiger partial charge in [0.15, 0.2) is 5.79 Å². The van der Waals surface area contributed by atoms with Gasteiger partial charge in [-0.2, -0.15) is 0 Å². The number of hydrogen-bond acceptors (Lipinski definition) is 7. The van der Waals surface area contributed by atoms with E-state index in [0.29, 0.717) is 19.6 Å². The topological polar surface area (TPSA) is 74.3 Å². The van der Waals surface area contributed by atoms with Gasteiger partial charge >= 0.3 is 11.9 Å². The molecule has 0 saturated carbocycles. The van der Waals surface area contributed by atoms with Crippen LogP contribution in [0.15, 0.2) is 0 Å². The lowest BCUT2D eigenvalue weighted by Gasteiger charge is -2.42. The fraction of sp³-hybridized carbons (Fsp3) is 0.900. The van der Waals surface area contributed by atoms with Crippen molar-refractivity contribution in [3.63, 3.8) is 0 Å². The van der Waals surface area contributed by atoms with Gasteiger partial charge in [0.05, 0.1) is 25.2 Å². The zero-order valence-corrected chi connectivity index (χ0v) is 17.7. The molecule has 7 heteroatoms. The summed E-state index contributed by atoms with van der Waals surface area (Å²) < 4.78 is 22.3. The Labute approximate surface area is 163 Å². The fourth-order valence-corrected chi connectivity index (χ4v) is 2.66. The molecule has 1 aliphatic heterocycles. The Morgan fingerprint density at radius 3 is 2.04 bits per heavy atom. The lowest BCUT2D eigenvalue weighted by Crippen LogP contribution is -2.52. The molecule has 0 aromatic carbocycles. The third kappa shape index (κ3) is 10.1. The molecule has 1 aliphatic rings. The second-order valence-corrected chi connectivity index (χ2v) is 8.20. The second-order valence-electron chi connectivity index (χ2n) is 8.20. The minimum Gasteiger partial charge on any atom is -0.465 e. The van der Waals surface area contributed by atoms with Crippen molar-refractivity contribution in [3.05, 3.63) is 0 Å². The number of rotatable bonds is 12. The van der Waals surface area contributed by atoms with Crippen LogP contribution in [0.4, 0.5) is 0 Å². The van der Waals surface area contributed by atoms with Gasteiger partial charge in [0.1, 0.15) is 13.2 Å². The van der Waals surface area contributed by atoms with Gasteiger partial charge in [0.25, 0.3) is 0 Å². The highest BCUT2D eigenvalue weighted by Gasteiger charge is 2.42. The molecule has 7 nitrogen and oxygen atoms in total. The summed E-state index contributed by atoms with van der Waals surface area (Å²) in [6.45, 7) is 6.84. The van der Waals surface area contributed by atoms with Gasteiger partial charge in [-0.1, -0.05) is 32.6 Å². The van der Waals surface area contributed by atoms with E-state index in [2.05, 4.69) is 6.92 Å². The third-order valence-electron chi connectivity index (χ3n) is 4.46. The smallest absolute Gasteiger partial charge is 0.320 e. The van der Waals surface area contributed by atoms with Crippen molar-refractivity contribution >= 4 is 11.9 Å². The van der Waals surface area contributed by atoms with Crippen LogP contribution < -0.4 is 0 Å². The zero-order valence-electron chi connectivity index (χ0n) is 17.7. The Morgan fingerprint density at radius 2 is 1.48 bits per heavy atom. The summed E-state index contributed by atoms with van der Waals surface area (Å²) in [5.74, 6) is -1.25. The molecule has 0 radical (unpaired) electrons. The number of unbranched alkanes of at least 4 members (excludes halogenated alkanes) is 4. The number of ether oxygens (including phenoxy) is 4. The molecule has 0 aromatic heterocycles. The molecule has 27 heavy (non-hydrogen) atoms. The van der Waals surface area contributed by atoms with Crippen molar-refractivity contribution in [2.45, 2.75) is 65.1 Å². The van der Waals surface area contributed by atoms with E-state index in [1.807, 2.05) is 13.8 Å². The van der Waals surface area contributed by atoms with Gasteiger partial charge in [0.2, 0.25) is 0 Å². The standard InChI is InChI=1S/C20H37NO6/c1-6-7-8-9-10-11-17(22)24-13-20(14-25-18(23)12-21(4)5)15-26-19(2,3)27-16-20/h6-16H2,1-5H3. The fourth-order valence-electron chi connectivity index (χ4n) is 2.66. The Morgan fingerprint density at radius 1 is 0.926 bits per heavy atom. The number of nitrogens with zero attached hydrogens (tertiary/aromatic N) is 1. The van der Waals surface area contributed by atoms with Crippen LogP contribution in [0.1, 0.15) is 59.3 Å². The average Bonchev–Trinajstić information content (AvgIpc) is 2.59. The van der Waals surface area contributed by atoms with Crippen LogP contribution in [0.3, 0.4) is 0 Å². The van der Waals surface area contributed by atoms with Crippen molar-refractivity contribution in [1.29, 1.82) is 0 Å². The molecule has 0 aliphatic carbocycles. The van der Waals surface area contributed by atoms with E-state index < -0.39 is 11.2 Å². The first kappa shape index (κ1) is 23.9. The molecule has 1 rings (SSSR count). The normalized spacial score (nSPS) is 18.3. The molecule has 1 saturated heterocycles. The van der Waals surface area contributed by atoms with Gasteiger partial charge in [-0.05, 0) is 34.4 Å². The summed E-state index contributed by atoms with van der Waals surface area (Å²) in [5.41, 5.74) is -0.671. The van der Waals surface area contributed by atoms with Crippen LogP contribution in [-0.2, 0) is 28.5 Å². The number of likely N-dealkylation sites (N-methyl/N-ethyl adjacent to an activating group) is 1. The van der Waals surface area contributed by atoms with Crippen LogP contribution in [0.2, 0.25) is 0 Å². The monoisotopic (exact) mass is 387 g/mol. The summed E-state index contributed by atoms with van der Waals surface area (Å²) in [6.07, 6.45) is 5.80. The summed E-state index contributed by atoms with van der Waals surface area (Å²) in [5, 5.41) is 0. The van der Waals surface area contributed by atoms with Gasteiger partial charge < -0.3 is 18.9 Å². The zero-order chi connectivity index (χ0) is 20.3. The molecular weight excluding hydrogens is 350 g/mol. The van der Waals surface area contributed by atoms with Crippen molar-refractivity contribution < 1.29 is 28.5 Å². The maximum Gasteiger partial charge on any atom is 0.320 e. The molecule has 1 fully saturated rings. The number of hydrogen-bond donors (Lipinski definition) is 0. The minimum atomic E-state index is -0.694. The van der Waals surface area contributed by atoms with E-state index >= 15 is 0 Å². The quantitative estimate of drug-likeness (QED) is 0.376. The molecule has 0 aromatic rings. The Balaban J connectivity index is 2.49. The molecule has 0 spiro atoms. The first-order valence-corrected chi connectivity index (χ1v) is 9.92. The van der Waals surface area contributed by atoms with Crippen LogP contribution in [0.25, 0.3) is 0 Å². The number of carbonyl (C=O) groups excluding carboxylic acids is 2. The Hall–Kier alpha value is -1.18. The van der Waals surface area contributed by atoms with Gasteiger partial charge in [-0.15, -0.1) is 0 Å². The van der Waals surface area contributed by atoms with Crippen molar-refractivity contribution in [2.75, 3.05) is 47.1 Å². The van der Waals surface area contributed by atoms with Crippen molar-refractivity contribution in [3.8, 4) is 0 Å². The first-order valence-electron chi connectivity index (χ1n) is 9.92. The predicted octanol–water partition coefficient (Wildman–Crippen LogP) is 2.76. The van der Waals surface area contributed by atoms with Gasteiger partial charge in [0, 0.05) is 6.42 Å². The van der Waals surface area contributed by atoms with Gasteiger partial charge in [-0.3, -0.25) is 14.5 Å². The van der Waals surface area contributed by atoms with E-state index in [1.165, 1.54) is 12.8 Å². The Bertz CT molecular complexity index is 453. The lowest BCUT2D eigenvalue weighted by atomic mass is 9.91. The maximum atomic E-state index is 12.1. The molecule has 0 amide bonds. The molecule has 0 bridgehead atoms. The molecular formula is C20H37NO6. The van der Waals surface area contributed by atoms with Crippen molar-refractivity contribution in [1.82, 2.24) is 4.90 Å². The molecule has 0 atom stereocenters. The Kier molecular flexibility index (Phi) is 10.3. The number of carbonyl (C=O) groups is 2. The highest BCUT2D eigenvalue weighted by atomic mass is 16.7. The van der Waals surface area contributed by atoms with E-state index in [9.17, 15) is 9.59 Å². The second kappa shape index (κ2) is 11.6. The van der Waals surface area contributed by atoms with E-state index in [0.717, 1.165) is 19.3 Å². The van der Waals surface area contributed by atoms with Gasteiger partial charge in [-0.25, -0.2) is 0 Å². The largest absolute Gasteiger partial charge is 0.465 e. The third-order valence-corrected chi connectivity index (χ3v) is 4.46. The molecule has 0 N–H and O–H groups in total. The van der Waals surface area contributed by atoms with E-state index in [-0.39, 0.29) is 31.7 Å². The summed E-state index contributed by atoms with van der Waals surface area (Å²) in [4.78, 5) is 25.7. The number of esters is 2. The highest BCUT2D eigenvalue weighted by Crippen LogP contribution is 2.31. The minimum absolute atomic E-state index is 0.0968. The molecule has 0 unspecified atom stereocenters. The molecule has 1 heterocycles. The highest BCUT2D eigenvalue weighted by molar-refractivity contribution is 5.71. The SMILES string of the molecule is CCCCCCCC(=O)OCC1(COC(=O)CN(C)C)COC(C)(C)OC1. The summed E-state index contributed by atoms with van der Waals surface area (Å²) >= 11 is 0. The van der Waals surface area contributed by atoms with Crippen LogP contribution in [0.5, 0.6) is 0 Å². The van der Waals surface area contributed by atoms with E-state index in [4.69, 9.17) is 18.9 Å². The van der Waals surface area contributed by atoms with Crippen LogP contribution in [0, 0.1) is 5.41 Å². The lowest BCUT2D eigenvalue weighted by molar-refractivity contribution is -0.296. The van der Waals surface area contributed by atoms with Crippen molar-refractivity contribution in [2.24, 2.45) is 5.41 Å². The maximum absolute atomic E-state index is 12.1. The first-order chi connectivity index (χ1) is 12.7. The molecule has 158 valence electrons. The summed E-state index contributed by atoms with van der Waals surface area (Å²) in [7, 11) is 3.60. The average molecular weight is 388 g/mol. The van der Waals surface area contributed by atoms with Crippen LogP contribution >= 0.6 is 0 Å². The van der Waals surface area contributed by atoms with E-state index in [1.54, 1.807) is 19.0 Å². The predicted molar refractivity (Wildman–Crippen MR) is 102 cm³/mol. The summed E-state index contributed by atoms with van der Waals surface area (Å²) in [6, 6.07) is 0.